The number of rotatable bonds is 12. The van der Waals surface area contributed by atoms with Gasteiger partial charge < -0.3 is 14.8 Å². The number of nitrogens with one attached hydrogen (secondary N) is 3. The predicted molar refractivity (Wildman–Crippen MR) is 153 cm³/mol. The molecule has 0 radical (unpaired) electrons. The average molecular weight is 623 g/mol. The lowest BCUT2D eigenvalue weighted by Crippen LogP contribution is -2.34. The normalized spacial score (nSPS) is 10.9. The third-order valence-electron chi connectivity index (χ3n) is 5.18. The van der Waals surface area contributed by atoms with Gasteiger partial charge in [-0.25, -0.2) is 18.4 Å². The van der Waals surface area contributed by atoms with Gasteiger partial charge >= 0.3 is 0 Å². The van der Waals surface area contributed by atoms with Crippen LogP contribution < -0.4 is 24.8 Å². The minimum atomic E-state index is -3.91. The molecule has 1 aromatic heterocycles. The summed E-state index contributed by atoms with van der Waals surface area (Å²) in [7, 11) is -2.49. The molecule has 10 nitrogen and oxygen atoms in total. The van der Waals surface area contributed by atoms with E-state index in [4.69, 9.17) is 21.7 Å². The van der Waals surface area contributed by atoms with Crippen molar-refractivity contribution in [3.05, 3.63) is 64.9 Å². The van der Waals surface area contributed by atoms with Crippen molar-refractivity contribution < 1.29 is 22.7 Å². The van der Waals surface area contributed by atoms with Gasteiger partial charge in [0.1, 0.15) is 17.9 Å². The van der Waals surface area contributed by atoms with Crippen LogP contribution in [0.3, 0.4) is 0 Å². The van der Waals surface area contributed by atoms with Crippen LogP contribution in [-0.2, 0) is 10.0 Å². The maximum Gasteiger partial charge on any atom is 0.263 e. The number of anilines is 2. The van der Waals surface area contributed by atoms with Gasteiger partial charge in [0.25, 0.3) is 15.9 Å². The fourth-order valence-electron chi connectivity index (χ4n) is 3.27. The average Bonchev–Trinajstić information content (AvgIpc) is 2.89. The highest BCUT2D eigenvalue weighted by Crippen LogP contribution is 2.24. The van der Waals surface area contributed by atoms with Crippen molar-refractivity contribution in [2.75, 3.05) is 23.8 Å². The number of carbonyl (C=O) groups is 1. The second-order valence-corrected chi connectivity index (χ2v) is 11.0. The number of sulfonamides is 1. The minimum Gasteiger partial charge on any atom is -0.493 e. The van der Waals surface area contributed by atoms with Crippen molar-refractivity contribution in [3.63, 3.8) is 0 Å². The molecule has 13 heteroatoms. The summed E-state index contributed by atoms with van der Waals surface area (Å²) in [4.78, 5) is 20.6. The van der Waals surface area contributed by atoms with E-state index in [9.17, 15) is 13.2 Å². The number of unbranched alkanes of at least 4 members (excludes halogenated alkanes) is 3. The van der Waals surface area contributed by atoms with Crippen molar-refractivity contribution in [1.29, 1.82) is 0 Å². The van der Waals surface area contributed by atoms with Crippen LogP contribution in [0, 0.1) is 0 Å². The van der Waals surface area contributed by atoms with Crippen molar-refractivity contribution in [2.24, 2.45) is 0 Å². The molecule has 1 amide bonds. The molecule has 2 aromatic carbocycles. The topological polar surface area (TPSA) is 132 Å². The number of halogens is 1. The Morgan fingerprint density at radius 2 is 1.82 bits per heavy atom. The van der Waals surface area contributed by atoms with Gasteiger partial charge in [-0.05, 0) is 61.1 Å². The second-order valence-electron chi connectivity index (χ2n) is 8.03. The zero-order chi connectivity index (χ0) is 27.5. The van der Waals surface area contributed by atoms with Crippen LogP contribution in [0.1, 0.15) is 43.0 Å². The molecule has 3 N–H and O–H groups in total. The number of methoxy groups -OCH3 is 1. The van der Waals surface area contributed by atoms with Gasteiger partial charge in [0, 0.05) is 16.2 Å². The Bertz CT molecular complexity index is 1370. The van der Waals surface area contributed by atoms with Gasteiger partial charge in [0.05, 0.1) is 24.2 Å². The zero-order valence-electron chi connectivity index (χ0n) is 20.9. The number of benzene rings is 2. The quantitative estimate of drug-likeness (QED) is 0.186. The summed E-state index contributed by atoms with van der Waals surface area (Å²) in [5.41, 5.74) is 0.826. The molecule has 0 saturated heterocycles. The molecule has 3 rings (SSSR count). The number of hydrogen-bond acceptors (Lipinski definition) is 8. The largest absolute Gasteiger partial charge is 0.493 e. The Kier molecular flexibility index (Phi) is 10.8. The fraction of sp³-hybridized carbons (Fsp3) is 0.280. The number of aromatic nitrogens is 2. The number of carbonyl (C=O) groups excluding carboxylic acids is 1. The minimum absolute atomic E-state index is 0.00504. The van der Waals surface area contributed by atoms with E-state index in [0.717, 1.165) is 30.2 Å². The summed E-state index contributed by atoms with van der Waals surface area (Å²) >= 11 is 8.67. The highest BCUT2D eigenvalue weighted by Gasteiger charge is 2.17. The molecule has 0 atom stereocenters. The fourth-order valence-corrected chi connectivity index (χ4v) is 4.84. The predicted octanol–water partition coefficient (Wildman–Crippen LogP) is 5.13. The van der Waals surface area contributed by atoms with Gasteiger partial charge in [0.15, 0.2) is 5.11 Å². The van der Waals surface area contributed by atoms with E-state index in [0.29, 0.717) is 23.6 Å². The molecule has 0 saturated carbocycles. The van der Waals surface area contributed by atoms with E-state index >= 15 is 0 Å². The molecule has 38 heavy (non-hydrogen) atoms. The van der Waals surface area contributed by atoms with E-state index in [-0.39, 0.29) is 21.7 Å². The Morgan fingerprint density at radius 1 is 1.05 bits per heavy atom. The third kappa shape index (κ3) is 8.64. The van der Waals surface area contributed by atoms with Gasteiger partial charge in [-0.1, -0.05) is 42.1 Å². The maximum absolute atomic E-state index is 12.9. The van der Waals surface area contributed by atoms with Gasteiger partial charge in [0.2, 0.25) is 5.88 Å². The maximum atomic E-state index is 12.9. The van der Waals surface area contributed by atoms with Crippen LogP contribution in [0.2, 0.25) is 0 Å². The van der Waals surface area contributed by atoms with Gasteiger partial charge in [-0.2, -0.15) is 0 Å². The van der Waals surface area contributed by atoms with Crippen LogP contribution in [0.25, 0.3) is 0 Å². The Hall–Kier alpha value is -3.29. The zero-order valence-corrected chi connectivity index (χ0v) is 24.1. The molecule has 0 aliphatic carbocycles. The number of ether oxygens (including phenoxy) is 2. The molecular formula is C25H28BrN5O5S2. The van der Waals surface area contributed by atoms with E-state index in [1.54, 1.807) is 18.2 Å². The van der Waals surface area contributed by atoms with Crippen molar-refractivity contribution in [2.45, 2.75) is 37.5 Å². The van der Waals surface area contributed by atoms with E-state index in [1.165, 1.54) is 43.8 Å². The molecule has 202 valence electrons. The number of hydrogen-bond donors (Lipinski definition) is 3. The van der Waals surface area contributed by atoms with Crippen molar-refractivity contribution >= 4 is 60.7 Å². The summed E-state index contributed by atoms with van der Waals surface area (Å²) in [5, 5.41) is 5.56. The molecule has 0 aliphatic heterocycles. The van der Waals surface area contributed by atoms with Crippen LogP contribution >= 0.6 is 28.1 Å². The lowest BCUT2D eigenvalue weighted by molar-refractivity contribution is 0.0973. The summed E-state index contributed by atoms with van der Waals surface area (Å²) in [6, 6.07) is 12.4. The third-order valence-corrected chi connectivity index (χ3v) is 7.25. The van der Waals surface area contributed by atoms with Crippen LogP contribution in [0.15, 0.2) is 64.2 Å². The molecule has 1 heterocycles. The first-order valence-electron chi connectivity index (χ1n) is 11.8. The molecule has 0 spiro atoms. The molecule has 0 fully saturated rings. The van der Waals surface area contributed by atoms with Gasteiger partial charge in [-0.3, -0.25) is 14.8 Å². The highest BCUT2D eigenvalue weighted by molar-refractivity contribution is 9.10. The highest BCUT2D eigenvalue weighted by atomic mass is 79.9. The lowest BCUT2D eigenvalue weighted by Gasteiger charge is -2.14. The lowest BCUT2D eigenvalue weighted by atomic mass is 10.2. The Balaban J connectivity index is 1.60. The van der Waals surface area contributed by atoms with Crippen LogP contribution in [-0.4, -0.2) is 43.1 Å². The number of thiocarbonyl (C=S) groups is 1. The van der Waals surface area contributed by atoms with E-state index in [1.807, 2.05) is 0 Å². The number of amides is 1. The SMILES string of the molecule is CCCCCCOc1ccc(Br)cc1C(=O)NC(=S)Nc1ccc(S(=O)(=O)Nc2cc(OC)ncn2)cc1. The summed E-state index contributed by atoms with van der Waals surface area (Å²) in [5.74, 6) is 0.325. The summed E-state index contributed by atoms with van der Waals surface area (Å²) in [6.07, 6.45) is 5.42. The molecule has 0 unspecified atom stereocenters. The Labute approximate surface area is 235 Å². The molecule has 0 aliphatic rings. The summed E-state index contributed by atoms with van der Waals surface area (Å²) in [6.45, 7) is 2.65. The van der Waals surface area contributed by atoms with Crippen molar-refractivity contribution in [1.82, 2.24) is 15.3 Å². The first-order valence-corrected chi connectivity index (χ1v) is 14.4. The Morgan fingerprint density at radius 3 is 2.53 bits per heavy atom. The second kappa shape index (κ2) is 14.0. The molecule has 0 bridgehead atoms. The molecule has 3 aromatic rings. The van der Waals surface area contributed by atoms with Crippen LogP contribution in [0.4, 0.5) is 11.5 Å². The molecular weight excluding hydrogens is 594 g/mol. The number of nitrogens with zero attached hydrogens (tertiary/aromatic N) is 2. The first kappa shape index (κ1) is 29.3. The summed E-state index contributed by atoms with van der Waals surface area (Å²) < 4.78 is 39.3. The van der Waals surface area contributed by atoms with Crippen LogP contribution in [0.5, 0.6) is 11.6 Å². The smallest absolute Gasteiger partial charge is 0.263 e. The van der Waals surface area contributed by atoms with E-state index in [2.05, 4.69) is 48.2 Å². The van der Waals surface area contributed by atoms with E-state index < -0.39 is 15.9 Å². The van der Waals surface area contributed by atoms with Crippen molar-refractivity contribution in [3.8, 4) is 11.6 Å². The monoisotopic (exact) mass is 621 g/mol. The first-order chi connectivity index (χ1) is 18.2. The van der Waals surface area contributed by atoms with Gasteiger partial charge in [-0.15, -0.1) is 0 Å². The standard InChI is InChI=1S/C25H28BrN5O5S2/c1-3-4-5-6-13-36-21-12-7-17(26)14-20(21)24(32)30-25(37)29-18-8-10-19(11-9-18)38(33,34)31-22-15-23(35-2)28-16-27-22/h7-12,14-16H,3-6,13H2,1-2H3,(H,27,28,31)(H2,29,30,32,37).